The fraction of sp³-hybridized carbons (Fsp3) is 0.600. The Hall–Kier alpha value is -1.36. The molecule has 5 nitrogen and oxygen atoms in total. The van der Waals surface area contributed by atoms with Crippen molar-refractivity contribution < 1.29 is 4.79 Å². The molecular formula is C10H16N4O. The number of nitrogens with zero attached hydrogens (tertiary/aromatic N) is 3. The Bertz CT molecular complexity index is 398. The van der Waals surface area contributed by atoms with E-state index in [1.165, 1.54) is 0 Å². The molecule has 82 valence electrons. The van der Waals surface area contributed by atoms with Gasteiger partial charge in [0, 0.05) is 37.8 Å². The first-order valence-corrected chi connectivity index (χ1v) is 5.02. The van der Waals surface area contributed by atoms with Crippen LogP contribution in [0.4, 0.5) is 0 Å². The summed E-state index contributed by atoms with van der Waals surface area (Å²) >= 11 is 0. The third kappa shape index (κ3) is 1.43. The van der Waals surface area contributed by atoms with Gasteiger partial charge in [-0.15, -0.1) is 0 Å². The van der Waals surface area contributed by atoms with Crippen LogP contribution in [-0.2, 0) is 11.8 Å². The van der Waals surface area contributed by atoms with Crippen LogP contribution < -0.4 is 5.73 Å². The summed E-state index contributed by atoms with van der Waals surface area (Å²) in [5.74, 6) is 0.107. The second-order valence-corrected chi connectivity index (χ2v) is 4.13. The Labute approximate surface area is 88.8 Å². The molecule has 1 fully saturated rings. The number of hydrogen-bond acceptors (Lipinski definition) is 3. The van der Waals surface area contributed by atoms with Crippen molar-refractivity contribution in [3.8, 4) is 0 Å². The van der Waals surface area contributed by atoms with E-state index in [1.54, 1.807) is 22.8 Å². The van der Waals surface area contributed by atoms with E-state index in [9.17, 15) is 4.79 Å². The van der Waals surface area contributed by atoms with Crippen molar-refractivity contribution in [1.82, 2.24) is 14.7 Å². The van der Waals surface area contributed by atoms with Crippen LogP contribution in [0.2, 0.25) is 0 Å². The number of amides is 1. The standard InChI is InChI=1S/C10H16N4O/c1-6-7(5-12-14(6)3)10-8(11)4-9(15)13(10)2/h5,8,10H,4,11H2,1-3H3/t8-,10-/m1/s1. The Kier molecular flexibility index (Phi) is 2.26. The Morgan fingerprint density at radius 1 is 1.53 bits per heavy atom. The van der Waals surface area contributed by atoms with Gasteiger partial charge >= 0.3 is 0 Å². The van der Waals surface area contributed by atoms with Crippen molar-refractivity contribution in [3.63, 3.8) is 0 Å². The lowest BCUT2D eigenvalue weighted by Gasteiger charge is -2.22. The van der Waals surface area contributed by atoms with E-state index in [-0.39, 0.29) is 18.0 Å². The molecule has 1 saturated heterocycles. The molecule has 1 amide bonds. The normalized spacial score (nSPS) is 26.4. The number of aryl methyl sites for hydroxylation is 1. The minimum Gasteiger partial charge on any atom is -0.337 e. The van der Waals surface area contributed by atoms with E-state index in [0.29, 0.717) is 6.42 Å². The van der Waals surface area contributed by atoms with Gasteiger partial charge in [0.25, 0.3) is 0 Å². The van der Waals surface area contributed by atoms with Crippen LogP contribution in [-0.4, -0.2) is 33.7 Å². The van der Waals surface area contributed by atoms with Crippen LogP contribution in [0.3, 0.4) is 0 Å². The number of hydrogen-bond donors (Lipinski definition) is 1. The summed E-state index contributed by atoms with van der Waals surface area (Å²) in [6.07, 6.45) is 2.23. The summed E-state index contributed by atoms with van der Waals surface area (Å²) in [5, 5.41) is 4.18. The molecular weight excluding hydrogens is 192 g/mol. The Morgan fingerprint density at radius 3 is 2.60 bits per heavy atom. The van der Waals surface area contributed by atoms with Gasteiger partial charge in [-0.3, -0.25) is 9.48 Å². The highest BCUT2D eigenvalue weighted by molar-refractivity contribution is 5.80. The molecule has 1 aliphatic rings. The van der Waals surface area contributed by atoms with E-state index < -0.39 is 0 Å². The van der Waals surface area contributed by atoms with Crippen LogP contribution in [0, 0.1) is 6.92 Å². The van der Waals surface area contributed by atoms with Gasteiger partial charge in [-0.2, -0.15) is 5.10 Å². The van der Waals surface area contributed by atoms with Crippen molar-refractivity contribution in [2.45, 2.75) is 25.4 Å². The number of carbonyl (C=O) groups excluding carboxylic acids is 1. The third-order valence-electron chi connectivity index (χ3n) is 3.22. The van der Waals surface area contributed by atoms with Gasteiger partial charge in [-0.1, -0.05) is 0 Å². The summed E-state index contributed by atoms with van der Waals surface area (Å²) in [6.45, 7) is 1.99. The Balaban J connectivity index is 2.39. The van der Waals surface area contributed by atoms with E-state index in [1.807, 2.05) is 14.0 Å². The van der Waals surface area contributed by atoms with Gasteiger partial charge in [-0.05, 0) is 6.92 Å². The SMILES string of the molecule is Cc1c([C@@H]2[C@H](N)CC(=O)N2C)cnn1C. The van der Waals surface area contributed by atoms with E-state index in [0.717, 1.165) is 11.3 Å². The highest BCUT2D eigenvalue weighted by atomic mass is 16.2. The molecule has 0 spiro atoms. The molecule has 15 heavy (non-hydrogen) atoms. The predicted molar refractivity (Wildman–Crippen MR) is 56.0 cm³/mol. The molecule has 1 aromatic heterocycles. The summed E-state index contributed by atoms with van der Waals surface area (Å²) < 4.78 is 1.80. The monoisotopic (exact) mass is 208 g/mol. The summed E-state index contributed by atoms with van der Waals surface area (Å²) in [6, 6.07) is -0.142. The van der Waals surface area contributed by atoms with Gasteiger partial charge < -0.3 is 10.6 Å². The maximum absolute atomic E-state index is 11.5. The zero-order valence-corrected chi connectivity index (χ0v) is 9.27. The second kappa shape index (κ2) is 3.34. The predicted octanol–water partition coefficient (Wildman–Crippen LogP) is -0.0410. The number of carbonyl (C=O) groups is 1. The molecule has 0 unspecified atom stereocenters. The van der Waals surface area contributed by atoms with Crippen molar-refractivity contribution in [2.75, 3.05) is 7.05 Å². The molecule has 2 heterocycles. The summed E-state index contributed by atoms with van der Waals surface area (Å²) in [4.78, 5) is 13.2. The van der Waals surface area contributed by atoms with Crippen molar-refractivity contribution in [3.05, 3.63) is 17.5 Å². The number of likely N-dealkylation sites (N-methyl/N-ethyl adjacent to an activating group) is 1. The number of aromatic nitrogens is 2. The fourth-order valence-electron chi connectivity index (χ4n) is 2.14. The maximum Gasteiger partial charge on any atom is 0.224 e. The second-order valence-electron chi connectivity index (χ2n) is 4.13. The molecule has 0 bridgehead atoms. The first-order valence-electron chi connectivity index (χ1n) is 5.02. The van der Waals surface area contributed by atoms with Crippen molar-refractivity contribution in [1.29, 1.82) is 0 Å². The molecule has 0 aliphatic carbocycles. The van der Waals surface area contributed by atoms with Crippen molar-refractivity contribution in [2.24, 2.45) is 12.8 Å². The van der Waals surface area contributed by atoms with Gasteiger partial charge in [0.1, 0.15) is 0 Å². The molecule has 1 aliphatic heterocycles. The topological polar surface area (TPSA) is 64.2 Å². The first-order chi connectivity index (χ1) is 7.02. The van der Waals surface area contributed by atoms with Crippen LogP contribution >= 0.6 is 0 Å². The zero-order valence-electron chi connectivity index (χ0n) is 9.27. The smallest absolute Gasteiger partial charge is 0.224 e. The molecule has 5 heteroatoms. The minimum atomic E-state index is -0.120. The minimum absolute atomic E-state index is 0.0220. The average molecular weight is 208 g/mol. The number of nitrogens with two attached hydrogens (primary N) is 1. The third-order valence-corrected chi connectivity index (χ3v) is 3.22. The average Bonchev–Trinajstić information content (AvgIpc) is 2.60. The lowest BCUT2D eigenvalue weighted by molar-refractivity contribution is -0.127. The van der Waals surface area contributed by atoms with E-state index in [4.69, 9.17) is 5.73 Å². The molecule has 2 atom stereocenters. The lowest BCUT2D eigenvalue weighted by atomic mass is 10.0. The van der Waals surface area contributed by atoms with Crippen molar-refractivity contribution >= 4 is 5.91 Å². The molecule has 2 rings (SSSR count). The largest absolute Gasteiger partial charge is 0.337 e. The van der Waals surface area contributed by atoms with Gasteiger partial charge in [0.05, 0.1) is 12.2 Å². The van der Waals surface area contributed by atoms with Crippen LogP contribution in [0.5, 0.6) is 0 Å². The van der Waals surface area contributed by atoms with E-state index >= 15 is 0 Å². The maximum atomic E-state index is 11.5. The fourth-order valence-corrected chi connectivity index (χ4v) is 2.14. The van der Waals surface area contributed by atoms with Gasteiger partial charge in [0.2, 0.25) is 5.91 Å². The number of likely N-dealkylation sites (tertiary alicyclic amines) is 1. The zero-order chi connectivity index (χ0) is 11.2. The lowest BCUT2D eigenvalue weighted by Crippen LogP contribution is -2.30. The first kappa shape index (κ1) is 10.2. The molecule has 0 aromatic carbocycles. The molecule has 0 radical (unpaired) electrons. The Morgan fingerprint density at radius 2 is 2.20 bits per heavy atom. The quantitative estimate of drug-likeness (QED) is 0.704. The summed E-state index contributed by atoms with van der Waals surface area (Å²) in [7, 11) is 3.69. The van der Waals surface area contributed by atoms with E-state index in [2.05, 4.69) is 5.10 Å². The molecule has 1 aromatic rings. The highest BCUT2D eigenvalue weighted by Gasteiger charge is 2.37. The van der Waals surface area contributed by atoms with Crippen LogP contribution in [0.1, 0.15) is 23.7 Å². The van der Waals surface area contributed by atoms with Crippen LogP contribution in [0.25, 0.3) is 0 Å². The van der Waals surface area contributed by atoms with Crippen LogP contribution in [0.15, 0.2) is 6.20 Å². The molecule has 2 N–H and O–H groups in total. The van der Waals surface area contributed by atoms with Gasteiger partial charge in [-0.25, -0.2) is 0 Å². The summed E-state index contributed by atoms with van der Waals surface area (Å²) in [5.41, 5.74) is 8.09. The van der Waals surface area contributed by atoms with Gasteiger partial charge in [0.15, 0.2) is 0 Å². The highest BCUT2D eigenvalue weighted by Crippen LogP contribution is 2.31. The molecule has 0 saturated carbocycles. The number of rotatable bonds is 1.